The highest BCUT2D eigenvalue weighted by molar-refractivity contribution is 7.15. The zero-order valence-corrected chi connectivity index (χ0v) is 21.0. The number of methoxy groups -OCH3 is 3. The normalized spacial score (nSPS) is 15.0. The van der Waals surface area contributed by atoms with Gasteiger partial charge in [-0.25, -0.2) is 4.98 Å². The number of hydrogen-bond donors (Lipinski definition) is 0. The number of hydrogen-bond acceptors (Lipinski definition) is 8. The number of anilines is 1. The number of benzene rings is 2. The molecule has 5 rings (SSSR count). The summed E-state index contributed by atoms with van der Waals surface area (Å²) in [5.41, 5.74) is 2.71. The molecule has 0 fully saturated rings. The van der Waals surface area contributed by atoms with Crippen LogP contribution < -0.4 is 24.5 Å². The van der Waals surface area contributed by atoms with Crippen LogP contribution in [0.1, 0.15) is 43.9 Å². The number of aromatic nitrogens is 1. The molecule has 35 heavy (non-hydrogen) atoms. The number of thiazole rings is 1. The van der Waals surface area contributed by atoms with Crippen LogP contribution >= 0.6 is 11.3 Å². The Morgan fingerprint density at radius 1 is 0.971 bits per heavy atom. The fourth-order valence-corrected chi connectivity index (χ4v) is 5.35. The number of amides is 1. The number of carbonyl (C=O) groups is 1. The van der Waals surface area contributed by atoms with Gasteiger partial charge in [-0.1, -0.05) is 11.6 Å². The molecule has 1 atom stereocenters. The van der Waals surface area contributed by atoms with E-state index in [0.29, 0.717) is 38.9 Å². The zero-order valence-electron chi connectivity index (χ0n) is 20.2. The summed E-state index contributed by atoms with van der Waals surface area (Å²) >= 11 is 1.39. The van der Waals surface area contributed by atoms with E-state index in [2.05, 4.69) is 4.98 Å². The van der Waals surface area contributed by atoms with E-state index in [1.807, 2.05) is 26.8 Å². The van der Waals surface area contributed by atoms with Crippen LogP contribution in [0.4, 0.5) is 5.13 Å². The average molecular weight is 493 g/mol. The third-order valence-corrected chi connectivity index (χ3v) is 7.32. The van der Waals surface area contributed by atoms with Crippen molar-refractivity contribution in [1.29, 1.82) is 0 Å². The molecule has 0 unspecified atom stereocenters. The summed E-state index contributed by atoms with van der Waals surface area (Å²) in [6.45, 7) is 5.73. The Morgan fingerprint density at radius 3 is 2.23 bits per heavy atom. The minimum Gasteiger partial charge on any atom is -0.493 e. The lowest BCUT2D eigenvalue weighted by Crippen LogP contribution is -2.29. The van der Waals surface area contributed by atoms with Crippen molar-refractivity contribution in [3.63, 3.8) is 0 Å². The molecular weight excluding hydrogens is 468 g/mol. The van der Waals surface area contributed by atoms with E-state index in [0.717, 1.165) is 16.1 Å². The first-order chi connectivity index (χ1) is 16.8. The summed E-state index contributed by atoms with van der Waals surface area (Å²) in [5.74, 6) is 0.824. The summed E-state index contributed by atoms with van der Waals surface area (Å²) in [6.07, 6.45) is 0. The van der Waals surface area contributed by atoms with Crippen LogP contribution in [0.3, 0.4) is 0 Å². The SMILES string of the molecule is COc1cc([C@H]2c3c(oc4ccc(C)cc4c3=O)C(=O)N2c2nc(C)c(C)s2)cc(OC)c1OC. The summed E-state index contributed by atoms with van der Waals surface area (Å²) in [7, 11) is 4.56. The Bertz CT molecular complexity index is 1510. The van der Waals surface area contributed by atoms with Crippen molar-refractivity contribution in [2.24, 2.45) is 0 Å². The van der Waals surface area contributed by atoms with E-state index in [-0.39, 0.29) is 16.8 Å². The molecule has 8 nitrogen and oxygen atoms in total. The highest BCUT2D eigenvalue weighted by Crippen LogP contribution is 2.47. The summed E-state index contributed by atoms with van der Waals surface area (Å²) < 4.78 is 22.6. The minimum atomic E-state index is -0.794. The van der Waals surface area contributed by atoms with E-state index < -0.39 is 11.9 Å². The third-order valence-electron chi connectivity index (χ3n) is 6.25. The highest BCUT2D eigenvalue weighted by Gasteiger charge is 2.45. The molecule has 0 saturated heterocycles. The number of aryl methyl sites for hydroxylation is 3. The van der Waals surface area contributed by atoms with Gasteiger partial charge in [0.15, 0.2) is 22.1 Å². The van der Waals surface area contributed by atoms with Crippen molar-refractivity contribution in [3.8, 4) is 17.2 Å². The predicted molar refractivity (Wildman–Crippen MR) is 134 cm³/mol. The Balaban J connectivity index is 1.85. The lowest BCUT2D eigenvalue weighted by atomic mass is 9.97. The molecule has 9 heteroatoms. The molecular formula is C26H24N2O6S. The quantitative estimate of drug-likeness (QED) is 0.389. The summed E-state index contributed by atoms with van der Waals surface area (Å²) in [5, 5.41) is 0.900. The first-order valence-corrected chi connectivity index (χ1v) is 11.8. The van der Waals surface area contributed by atoms with E-state index in [9.17, 15) is 9.59 Å². The molecule has 1 aliphatic rings. The van der Waals surface area contributed by atoms with Crippen LogP contribution in [0.15, 0.2) is 39.5 Å². The lowest BCUT2D eigenvalue weighted by Gasteiger charge is -2.24. The Kier molecular flexibility index (Phi) is 5.52. The molecule has 0 aliphatic carbocycles. The van der Waals surface area contributed by atoms with Gasteiger partial charge in [0.1, 0.15) is 5.58 Å². The van der Waals surface area contributed by atoms with E-state index >= 15 is 0 Å². The van der Waals surface area contributed by atoms with Gasteiger partial charge >= 0.3 is 0 Å². The van der Waals surface area contributed by atoms with Crippen LogP contribution in [0.2, 0.25) is 0 Å². The molecule has 0 saturated carbocycles. The molecule has 2 aromatic heterocycles. The number of nitrogens with zero attached hydrogens (tertiary/aromatic N) is 2. The first-order valence-electron chi connectivity index (χ1n) is 10.9. The van der Waals surface area contributed by atoms with E-state index in [1.165, 1.54) is 37.6 Å². The number of rotatable bonds is 5. The van der Waals surface area contributed by atoms with Gasteiger partial charge in [0.25, 0.3) is 5.91 Å². The zero-order chi connectivity index (χ0) is 25.0. The van der Waals surface area contributed by atoms with Crippen molar-refractivity contribution in [2.75, 3.05) is 26.2 Å². The van der Waals surface area contributed by atoms with Crippen molar-refractivity contribution < 1.29 is 23.4 Å². The van der Waals surface area contributed by atoms with E-state index in [1.54, 1.807) is 24.3 Å². The third kappa shape index (κ3) is 3.46. The maximum absolute atomic E-state index is 13.8. The van der Waals surface area contributed by atoms with Gasteiger partial charge in [0.05, 0.1) is 44.0 Å². The van der Waals surface area contributed by atoms with Crippen molar-refractivity contribution in [2.45, 2.75) is 26.8 Å². The molecule has 180 valence electrons. The second-order valence-electron chi connectivity index (χ2n) is 8.35. The molecule has 1 amide bonds. The number of carbonyl (C=O) groups excluding carboxylic acids is 1. The summed E-state index contributed by atoms with van der Waals surface area (Å²) in [4.78, 5) is 34.7. The minimum absolute atomic E-state index is 0.00982. The van der Waals surface area contributed by atoms with Gasteiger partial charge in [-0.2, -0.15) is 0 Å². The smallest absolute Gasteiger partial charge is 0.297 e. The van der Waals surface area contributed by atoms with Crippen molar-refractivity contribution in [3.05, 3.63) is 73.6 Å². The summed E-state index contributed by atoms with van der Waals surface area (Å²) in [6, 6.07) is 8.03. The second-order valence-corrected chi connectivity index (χ2v) is 9.53. The van der Waals surface area contributed by atoms with E-state index in [4.69, 9.17) is 18.6 Å². The molecule has 0 spiro atoms. The highest BCUT2D eigenvalue weighted by atomic mass is 32.1. The molecule has 0 bridgehead atoms. The fraction of sp³-hybridized carbons (Fsp3) is 0.269. The monoisotopic (exact) mass is 492 g/mol. The topological polar surface area (TPSA) is 91.1 Å². The maximum atomic E-state index is 13.8. The number of fused-ring (bicyclic) bond motifs is 2. The molecule has 2 aromatic carbocycles. The fourth-order valence-electron chi connectivity index (χ4n) is 4.42. The van der Waals surface area contributed by atoms with Gasteiger partial charge in [0, 0.05) is 4.88 Å². The van der Waals surface area contributed by atoms with Crippen LogP contribution in [-0.2, 0) is 0 Å². The Labute approximate surface area is 205 Å². The molecule has 0 radical (unpaired) electrons. The van der Waals surface area contributed by atoms with Crippen LogP contribution in [0.25, 0.3) is 11.0 Å². The second kappa shape index (κ2) is 8.42. The lowest BCUT2D eigenvalue weighted by molar-refractivity contribution is 0.0971. The molecule has 1 aliphatic heterocycles. The first kappa shape index (κ1) is 22.9. The predicted octanol–water partition coefficient (Wildman–Crippen LogP) is 4.95. The van der Waals surface area contributed by atoms with Crippen LogP contribution in [-0.4, -0.2) is 32.2 Å². The molecule has 4 aromatic rings. The van der Waals surface area contributed by atoms with Gasteiger partial charge in [-0.3, -0.25) is 14.5 Å². The van der Waals surface area contributed by atoms with Gasteiger partial charge in [-0.05, 0) is 50.6 Å². The molecule has 0 N–H and O–H groups in total. The van der Waals surface area contributed by atoms with Gasteiger partial charge < -0.3 is 18.6 Å². The number of ether oxygens (including phenoxy) is 3. The largest absolute Gasteiger partial charge is 0.493 e. The standard InChI is InChI=1S/C26H24N2O6S/c1-12-7-8-17-16(9-12)22(29)20-21(15-10-18(31-4)23(33-6)19(11-15)32-5)28(25(30)24(20)34-17)26-27-13(2)14(3)35-26/h7-11,21H,1-6H3/t21-/m0/s1. The van der Waals surface area contributed by atoms with Gasteiger partial charge in [0.2, 0.25) is 11.5 Å². The average Bonchev–Trinajstić information content (AvgIpc) is 3.34. The van der Waals surface area contributed by atoms with Crippen LogP contribution in [0, 0.1) is 20.8 Å². The van der Waals surface area contributed by atoms with Crippen molar-refractivity contribution >= 4 is 33.3 Å². The molecule has 3 heterocycles. The van der Waals surface area contributed by atoms with Crippen LogP contribution in [0.5, 0.6) is 17.2 Å². The van der Waals surface area contributed by atoms with Gasteiger partial charge in [-0.15, -0.1) is 11.3 Å². The van der Waals surface area contributed by atoms with Crippen molar-refractivity contribution in [1.82, 2.24) is 4.98 Å². The Morgan fingerprint density at radius 2 is 1.66 bits per heavy atom. The Hall–Kier alpha value is -3.85. The maximum Gasteiger partial charge on any atom is 0.297 e.